The Morgan fingerprint density at radius 2 is 2.05 bits per heavy atom. The van der Waals surface area contributed by atoms with Crippen LogP contribution in [-0.4, -0.2) is 35.6 Å². The van der Waals surface area contributed by atoms with E-state index in [2.05, 4.69) is 0 Å². The lowest BCUT2D eigenvalue weighted by molar-refractivity contribution is -0.126. The van der Waals surface area contributed by atoms with Crippen molar-refractivity contribution in [1.82, 2.24) is 10.2 Å². The summed E-state index contributed by atoms with van der Waals surface area (Å²) in [6.07, 6.45) is 0.870. The molecule has 0 saturated heterocycles. The number of aryl methyl sites for hydroxylation is 1. The Bertz CT molecular complexity index is 589. The second-order valence-electron chi connectivity index (χ2n) is 4.85. The van der Waals surface area contributed by atoms with Gasteiger partial charge in [-0.2, -0.15) is 0 Å². The predicted molar refractivity (Wildman–Crippen MR) is 76.3 cm³/mol. The van der Waals surface area contributed by atoms with Crippen molar-refractivity contribution in [1.29, 1.82) is 0 Å². The molecule has 0 aromatic heterocycles. The normalized spacial score (nSPS) is 11.4. The Hall–Kier alpha value is -2.57. The summed E-state index contributed by atoms with van der Waals surface area (Å²) in [5.74, 6) is -1.51. The molecule has 1 aromatic rings. The second-order valence-corrected chi connectivity index (χ2v) is 4.85. The summed E-state index contributed by atoms with van der Waals surface area (Å²) in [6, 6.07) is 3.13. The molecule has 0 bridgehead atoms. The number of hydrogen-bond donors (Lipinski definition) is 1. The molecule has 0 saturated carbocycles. The first-order chi connectivity index (χ1) is 10.4. The maximum atomic E-state index is 13.1. The van der Waals surface area contributed by atoms with Crippen molar-refractivity contribution in [2.24, 2.45) is 0 Å². The Balaban J connectivity index is 2.81. The number of amides is 4. The van der Waals surface area contributed by atoms with E-state index in [1.165, 1.54) is 12.1 Å². The molecule has 1 rings (SSSR count). The molecule has 0 heterocycles. The number of nitrogens with one attached hydrogen (secondary N) is 1. The predicted octanol–water partition coefficient (Wildman–Crippen LogP) is 1.17. The molecule has 22 heavy (non-hydrogen) atoms. The van der Waals surface area contributed by atoms with Gasteiger partial charge in [0.1, 0.15) is 5.82 Å². The summed E-state index contributed by atoms with van der Waals surface area (Å²) in [7, 11) is 0. The van der Waals surface area contributed by atoms with Gasteiger partial charge in [-0.1, -0.05) is 0 Å². The van der Waals surface area contributed by atoms with Crippen LogP contribution < -0.4 is 5.32 Å². The lowest BCUT2D eigenvalue weighted by Gasteiger charge is -2.23. The summed E-state index contributed by atoms with van der Waals surface area (Å²) < 4.78 is 13.1. The highest BCUT2D eigenvalue weighted by atomic mass is 19.1. The van der Waals surface area contributed by atoms with Gasteiger partial charge in [-0.25, -0.2) is 4.39 Å². The fourth-order valence-electron chi connectivity index (χ4n) is 1.98. The fourth-order valence-corrected chi connectivity index (χ4v) is 1.98. The number of imide groups is 2. The number of halogens is 1. The van der Waals surface area contributed by atoms with Crippen molar-refractivity contribution in [2.75, 3.05) is 0 Å². The molecule has 1 unspecified atom stereocenters. The molecule has 1 N–H and O–H groups in total. The van der Waals surface area contributed by atoms with Crippen molar-refractivity contribution >= 4 is 24.6 Å². The number of hydrogen-bond acceptors (Lipinski definition) is 4. The third-order valence-electron chi connectivity index (χ3n) is 3.25. The zero-order valence-corrected chi connectivity index (χ0v) is 12.3. The second kappa shape index (κ2) is 8.02. The van der Waals surface area contributed by atoms with E-state index in [0.717, 1.165) is 11.0 Å². The van der Waals surface area contributed by atoms with Crippen LogP contribution >= 0.6 is 0 Å². The standard InChI is InChI=1S/C15H17FN2O4/c1-10-7-12(16)4-5-13(10)15(22)18(9-20)11(2)3-6-14(21)17-8-19/h4-5,7-9,11H,3,6H2,1-2H3,(H,17,19,21). The topological polar surface area (TPSA) is 83.6 Å². The van der Waals surface area contributed by atoms with Gasteiger partial charge in [0, 0.05) is 18.0 Å². The first-order valence-electron chi connectivity index (χ1n) is 6.67. The fraction of sp³-hybridized carbons (Fsp3) is 0.333. The van der Waals surface area contributed by atoms with E-state index in [-0.39, 0.29) is 24.8 Å². The van der Waals surface area contributed by atoms with E-state index in [1.807, 2.05) is 5.32 Å². The van der Waals surface area contributed by atoms with E-state index in [0.29, 0.717) is 12.0 Å². The molecule has 0 aliphatic rings. The van der Waals surface area contributed by atoms with E-state index in [4.69, 9.17) is 0 Å². The molecule has 1 atom stereocenters. The van der Waals surface area contributed by atoms with Crippen LogP contribution in [-0.2, 0) is 14.4 Å². The van der Waals surface area contributed by atoms with E-state index in [9.17, 15) is 23.6 Å². The number of benzene rings is 1. The minimum absolute atomic E-state index is 0.0000728. The summed E-state index contributed by atoms with van der Waals surface area (Å²) >= 11 is 0. The summed E-state index contributed by atoms with van der Waals surface area (Å²) in [4.78, 5) is 45.8. The molecular formula is C15H17FN2O4. The molecular weight excluding hydrogens is 291 g/mol. The van der Waals surface area contributed by atoms with Gasteiger partial charge in [-0.15, -0.1) is 0 Å². The Kier molecular flexibility index (Phi) is 6.37. The minimum Gasteiger partial charge on any atom is -0.299 e. The molecule has 0 radical (unpaired) electrons. The zero-order chi connectivity index (χ0) is 16.7. The maximum absolute atomic E-state index is 13.1. The van der Waals surface area contributed by atoms with Gasteiger partial charge in [0.05, 0.1) is 0 Å². The summed E-state index contributed by atoms with van der Waals surface area (Å²) in [5, 5.41) is 1.98. The Morgan fingerprint density at radius 3 is 2.59 bits per heavy atom. The highest BCUT2D eigenvalue weighted by Crippen LogP contribution is 2.15. The molecule has 4 amide bonds. The van der Waals surface area contributed by atoms with Crippen molar-refractivity contribution in [3.8, 4) is 0 Å². The van der Waals surface area contributed by atoms with E-state index >= 15 is 0 Å². The third kappa shape index (κ3) is 4.47. The molecule has 0 fully saturated rings. The van der Waals surface area contributed by atoms with Crippen LogP contribution in [0, 0.1) is 12.7 Å². The van der Waals surface area contributed by atoms with E-state index < -0.39 is 23.7 Å². The van der Waals surface area contributed by atoms with Crippen LogP contribution in [0.1, 0.15) is 35.7 Å². The highest BCUT2D eigenvalue weighted by Gasteiger charge is 2.23. The number of rotatable bonds is 7. The van der Waals surface area contributed by atoms with Crippen LogP contribution in [0.3, 0.4) is 0 Å². The Labute approximate surface area is 127 Å². The molecule has 118 valence electrons. The number of carbonyl (C=O) groups excluding carboxylic acids is 4. The largest absolute Gasteiger partial charge is 0.299 e. The lowest BCUT2D eigenvalue weighted by Crippen LogP contribution is -2.38. The molecule has 0 spiro atoms. The molecule has 6 nitrogen and oxygen atoms in total. The van der Waals surface area contributed by atoms with Crippen molar-refractivity contribution in [3.63, 3.8) is 0 Å². The molecule has 1 aromatic carbocycles. The summed E-state index contributed by atoms with van der Waals surface area (Å²) in [5.41, 5.74) is 0.639. The monoisotopic (exact) mass is 308 g/mol. The van der Waals surface area contributed by atoms with Gasteiger partial charge < -0.3 is 0 Å². The molecule has 0 aliphatic carbocycles. The van der Waals surface area contributed by atoms with Crippen LogP contribution in [0.15, 0.2) is 18.2 Å². The third-order valence-corrected chi connectivity index (χ3v) is 3.25. The van der Waals surface area contributed by atoms with Gasteiger partial charge in [0.15, 0.2) is 0 Å². The number of nitrogens with zero attached hydrogens (tertiary/aromatic N) is 1. The van der Waals surface area contributed by atoms with Crippen LogP contribution in [0.4, 0.5) is 4.39 Å². The smallest absolute Gasteiger partial charge is 0.260 e. The van der Waals surface area contributed by atoms with Crippen LogP contribution in [0.25, 0.3) is 0 Å². The van der Waals surface area contributed by atoms with Crippen LogP contribution in [0.2, 0.25) is 0 Å². The first-order valence-corrected chi connectivity index (χ1v) is 6.67. The highest BCUT2D eigenvalue weighted by molar-refractivity contribution is 6.01. The average molecular weight is 308 g/mol. The van der Waals surface area contributed by atoms with Crippen molar-refractivity contribution < 1.29 is 23.6 Å². The van der Waals surface area contributed by atoms with E-state index in [1.54, 1.807) is 13.8 Å². The SMILES string of the molecule is Cc1cc(F)ccc1C(=O)N(C=O)C(C)CCC(=O)NC=O. The summed E-state index contributed by atoms with van der Waals surface area (Å²) in [6.45, 7) is 3.18. The lowest BCUT2D eigenvalue weighted by atomic mass is 10.1. The maximum Gasteiger partial charge on any atom is 0.260 e. The van der Waals surface area contributed by atoms with Crippen LogP contribution in [0.5, 0.6) is 0 Å². The minimum atomic E-state index is -0.559. The van der Waals surface area contributed by atoms with Gasteiger partial charge >= 0.3 is 0 Å². The average Bonchev–Trinajstić information content (AvgIpc) is 2.46. The zero-order valence-electron chi connectivity index (χ0n) is 12.3. The number of carbonyl (C=O) groups is 4. The quantitative estimate of drug-likeness (QED) is 0.767. The van der Waals surface area contributed by atoms with Gasteiger partial charge in [0.2, 0.25) is 18.7 Å². The van der Waals surface area contributed by atoms with Gasteiger partial charge in [0.25, 0.3) is 5.91 Å². The molecule has 7 heteroatoms. The van der Waals surface area contributed by atoms with Gasteiger partial charge in [-0.05, 0) is 44.0 Å². The van der Waals surface area contributed by atoms with Crippen molar-refractivity contribution in [3.05, 3.63) is 35.1 Å². The Morgan fingerprint density at radius 1 is 1.36 bits per heavy atom. The van der Waals surface area contributed by atoms with Crippen molar-refractivity contribution in [2.45, 2.75) is 32.7 Å². The first kappa shape index (κ1) is 17.5. The van der Waals surface area contributed by atoms with Gasteiger partial charge in [-0.3, -0.25) is 29.4 Å². The molecule has 0 aliphatic heterocycles.